The summed E-state index contributed by atoms with van der Waals surface area (Å²) in [6, 6.07) is 77.2. The molecule has 0 fully saturated rings. The van der Waals surface area contributed by atoms with E-state index in [1.54, 1.807) is 0 Å². The number of rotatable bonds is 7. The van der Waals surface area contributed by atoms with E-state index in [0.717, 1.165) is 72.7 Å². The van der Waals surface area contributed by atoms with Gasteiger partial charge in [-0.25, -0.2) is 4.98 Å². The summed E-state index contributed by atoms with van der Waals surface area (Å²) >= 11 is 0. The molecule has 63 heavy (non-hydrogen) atoms. The van der Waals surface area contributed by atoms with E-state index in [1.165, 1.54) is 16.7 Å². The summed E-state index contributed by atoms with van der Waals surface area (Å²) in [7, 11) is 2.03. The number of benzene rings is 8. The average molecular weight is 902 g/mol. The molecule has 6 nitrogen and oxygen atoms in total. The molecule has 7 heteroatoms. The Hall–Kier alpha value is -7.56. The molecule has 1 aliphatic heterocycles. The quantitative estimate of drug-likeness (QED) is 0.118. The molecule has 0 bridgehead atoms. The maximum atomic E-state index is 6.57. The second kappa shape index (κ2) is 15.4. The maximum Gasteiger partial charge on any atom is 2.00 e. The number of anilines is 3. The normalized spacial score (nSPS) is 12.8. The van der Waals surface area contributed by atoms with Gasteiger partial charge in [0.05, 0.1) is 45.4 Å². The van der Waals surface area contributed by atoms with Gasteiger partial charge in [-0.15, -0.1) is 42.0 Å². The number of aromatic nitrogens is 4. The van der Waals surface area contributed by atoms with Crippen molar-refractivity contribution in [2.45, 2.75) is 5.41 Å². The van der Waals surface area contributed by atoms with E-state index in [4.69, 9.17) is 14.7 Å². The molecule has 11 aromatic rings. The number of para-hydroxylation sites is 5. The Morgan fingerprint density at radius 2 is 1.17 bits per heavy atom. The average Bonchev–Trinajstić information content (AvgIpc) is 3.86. The molecule has 0 radical (unpaired) electrons. The maximum absolute atomic E-state index is 6.57. The van der Waals surface area contributed by atoms with E-state index in [-0.39, 0.29) is 20.4 Å². The van der Waals surface area contributed by atoms with Crippen LogP contribution >= 0.6 is 0 Å². The summed E-state index contributed by atoms with van der Waals surface area (Å²) in [6.07, 6.45) is 2.07. The van der Waals surface area contributed by atoms with Gasteiger partial charge in [0, 0.05) is 40.6 Å². The van der Waals surface area contributed by atoms with Crippen molar-refractivity contribution in [3.05, 3.63) is 241 Å². The second-order valence-corrected chi connectivity index (χ2v) is 15.7. The van der Waals surface area contributed by atoms with Crippen LogP contribution in [0, 0.1) is 12.1 Å². The second-order valence-electron chi connectivity index (χ2n) is 15.7. The third-order valence-corrected chi connectivity index (χ3v) is 12.3. The molecule has 0 spiro atoms. The molecule has 8 aromatic carbocycles. The fourth-order valence-electron chi connectivity index (χ4n) is 9.72. The first-order valence-electron chi connectivity index (χ1n) is 20.8. The number of hydrogen-bond donors (Lipinski definition) is 0. The number of aryl methyl sites for hydroxylation is 1. The van der Waals surface area contributed by atoms with Gasteiger partial charge in [-0.3, -0.25) is 4.98 Å². The third kappa shape index (κ3) is 5.96. The van der Waals surface area contributed by atoms with Crippen LogP contribution in [0.3, 0.4) is 0 Å². The van der Waals surface area contributed by atoms with E-state index < -0.39 is 5.41 Å². The van der Waals surface area contributed by atoms with Crippen molar-refractivity contribution in [3.8, 4) is 28.6 Å². The summed E-state index contributed by atoms with van der Waals surface area (Å²) in [4.78, 5) is 12.7. The molecule has 0 unspecified atom stereocenters. The van der Waals surface area contributed by atoms with E-state index in [0.29, 0.717) is 11.5 Å². The van der Waals surface area contributed by atoms with Gasteiger partial charge in [0.2, 0.25) is 0 Å². The molecule has 0 saturated carbocycles. The first-order valence-corrected chi connectivity index (χ1v) is 20.8. The van der Waals surface area contributed by atoms with Crippen LogP contribution in [0.15, 0.2) is 206 Å². The fourth-order valence-corrected chi connectivity index (χ4v) is 9.72. The number of imidazole rings is 1. The minimum absolute atomic E-state index is 0. The molecule has 12 rings (SSSR count). The molecule has 0 saturated heterocycles. The zero-order valence-electron chi connectivity index (χ0n) is 34.1. The summed E-state index contributed by atoms with van der Waals surface area (Å²) in [6.45, 7) is 0. The molecule has 1 aliphatic rings. The van der Waals surface area contributed by atoms with Crippen molar-refractivity contribution < 1.29 is 25.2 Å². The minimum atomic E-state index is -0.718. The topological polar surface area (TPSA) is 48.1 Å². The number of fused-ring (bicyclic) bond motifs is 7. The Morgan fingerprint density at radius 3 is 1.92 bits per heavy atom. The number of pyridine rings is 1. The van der Waals surface area contributed by atoms with Crippen molar-refractivity contribution in [2.75, 3.05) is 4.90 Å². The number of nitrogens with zero attached hydrogens (tertiary/aromatic N) is 5. The zero-order chi connectivity index (χ0) is 41.2. The molecule has 302 valence electrons. The predicted octanol–water partition coefficient (Wildman–Crippen LogP) is 13.3. The van der Waals surface area contributed by atoms with E-state index in [1.807, 2.05) is 55.6 Å². The smallest absolute Gasteiger partial charge is 0.503 e. The summed E-state index contributed by atoms with van der Waals surface area (Å²) in [5.74, 6) is 1.97. The Balaban J connectivity index is 0.00000444. The van der Waals surface area contributed by atoms with Gasteiger partial charge < -0.3 is 18.8 Å². The molecule has 0 amide bonds. The third-order valence-electron chi connectivity index (χ3n) is 12.3. The Kier molecular flexibility index (Phi) is 9.39. The van der Waals surface area contributed by atoms with Crippen molar-refractivity contribution >= 4 is 50.0 Å². The van der Waals surface area contributed by atoms with Crippen LogP contribution in [0.25, 0.3) is 50.0 Å². The monoisotopic (exact) mass is 901 g/mol. The summed E-state index contributed by atoms with van der Waals surface area (Å²) in [5.41, 5.74) is 12.7. The summed E-state index contributed by atoms with van der Waals surface area (Å²) < 4.78 is 10.9. The van der Waals surface area contributed by atoms with E-state index in [9.17, 15) is 0 Å². The van der Waals surface area contributed by atoms with Gasteiger partial charge >= 0.3 is 20.4 Å². The van der Waals surface area contributed by atoms with Crippen LogP contribution in [0.4, 0.5) is 17.1 Å². The van der Waals surface area contributed by atoms with Gasteiger partial charge in [-0.1, -0.05) is 139 Å². The number of hydrogen-bond acceptors (Lipinski definition) is 4. The minimum Gasteiger partial charge on any atom is -0.503 e. The Morgan fingerprint density at radius 1 is 0.556 bits per heavy atom. The van der Waals surface area contributed by atoms with Gasteiger partial charge in [0.1, 0.15) is 5.65 Å². The van der Waals surface area contributed by atoms with Gasteiger partial charge in [0.25, 0.3) is 0 Å². The van der Waals surface area contributed by atoms with Crippen LogP contribution in [-0.4, -0.2) is 19.1 Å². The molecule has 0 atom stereocenters. The van der Waals surface area contributed by atoms with Crippen molar-refractivity contribution in [1.82, 2.24) is 19.1 Å². The molecule has 3 aromatic heterocycles. The predicted molar refractivity (Wildman–Crippen MR) is 249 cm³/mol. The van der Waals surface area contributed by atoms with Crippen LogP contribution in [0.1, 0.15) is 22.3 Å². The van der Waals surface area contributed by atoms with Crippen LogP contribution < -0.4 is 9.64 Å². The molecule has 0 N–H and O–H groups in total. The van der Waals surface area contributed by atoms with Crippen molar-refractivity contribution in [1.29, 1.82) is 0 Å². The largest absolute Gasteiger partial charge is 2.00 e. The summed E-state index contributed by atoms with van der Waals surface area (Å²) in [5, 5.41) is 2.17. The van der Waals surface area contributed by atoms with Gasteiger partial charge in [0.15, 0.2) is 0 Å². The van der Waals surface area contributed by atoms with Crippen molar-refractivity contribution in [3.63, 3.8) is 0 Å². The van der Waals surface area contributed by atoms with Crippen molar-refractivity contribution in [2.24, 2.45) is 7.05 Å². The standard InChI is InChI=1S/C56H37N5O.Pd/c1-59-50-34-16-13-31-47(50)58-54(59)38-19-17-27-43(35-38)62-44-28-18-26-42(36-44)61-48-32-14-11-29-45(48)52-53-51(37-57-55(52)61)60(41-24-9-4-10-25-41)49-33-15-12-30-46(49)56(53,39-20-5-2-6-21-39)40-22-7-3-8-23-40;/h2-34,37H,1H3;/q-2;+2. The number of ether oxygens (including phenoxy) is 1. The van der Waals surface area contributed by atoms with E-state index >= 15 is 0 Å². The van der Waals surface area contributed by atoms with Gasteiger partial charge in [-0.05, 0) is 53.1 Å². The Bertz CT molecular complexity index is 3430. The first-order chi connectivity index (χ1) is 30.7. The van der Waals surface area contributed by atoms with E-state index in [2.05, 4.69) is 184 Å². The fraction of sp³-hybridized carbons (Fsp3) is 0.0357. The van der Waals surface area contributed by atoms with Crippen LogP contribution in [0.5, 0.6) is 11.5 Å². The first kappa shape index (κ1) is 38.4. The Labute approximate surface area is 379 Å². The van der Waals surface area contributed by atoms with Crippen LogP contribution in [0.2, 0.25) is 0 Å². The molecular formula is C56H37N5OPd. The zero-order valence-corrected chi connectivity index (χ0v) is 35.6. The molecule has 0 aliphatic carbocycles. The van der Waals surface area contributed by atoms with Crippen LogP contribution in [-0.2, 0) is 32.9 Å². The molecule has 4 heterocycles. The molecular weight excluding hydrogens is 865 g/mol. The SMILES string of the molecule is Cn1c(-c2[c-]c(Oc3[c-]c(-n4c5ccccc5c5c6c(cnc54)N(c4ccccc4)c4ccccc4C6(c4ccccc4)c4ccccc4)ccc3)ccc2)nc2ccccc21.[Pd+2]. The van der Waals surface area contributed by atoms with Gasteiger partial charge in [-0.2, -0.15) is 6.07 Å².